The van der Waals surface area contributed by atoms with Crippen molar-refractivity contribution in [3.05, 3.63) is 18.2 Å². The first-order valence-electron chi connectivity index (χ1n) is 5.56. The largest absolute Gasteiger partial charge is 0.399 e. The van der Waals surface area contributed by atoms with Crippen LogP contribution in [0.2, 0.25) is 0 Å². The standard InChI is InChI=1S/C11H19N3O4S/c1-17-7-9(18-2)6-14-10-4-3-8(12)5-11(10)19(13,15)16/h3-5,9,14H,6-7,12H2,1-2H3,(H2,13,15,16). The fraction of sp³-hybridized carbons (Fsp3) is 0.455. The third-order valence-corrected chi connectivity index (χ3v) is 3.47. The summed E-state index contributed by atoms with van der Waals surface area (Å²) in [6.07, 6.45) is -0.198. The number of rotatable bonds is 7. The number of sulfonamides is 1. The van der Waals surface area contributed by atoms with Crippen molar-refractivity contribution in [2.75, 3.05) is 38.4 Å². The van der Waals surface area contributed by atoms with Gasteiger partial charge in [0, 0.05) is 26.5 Å². The Balaban J connectivity index is 2.89. The summed E-state index contributed by atoms with van der Waals surface area (Å²) in [4.78, 5) is -0.0419. The molecule has 0 aliphatic carbocycles. The molecule has 0 aromatic heterocycles. The molecule has 0 spiro atoms. The normalized spacial score (nSPS) is 13.2. The average Bonchev–Trinajstić information content (AvgIpc) is 2.34. The molecule has 1 aromatic rings. The van der Waals surface area contributed by atoms with E-state index in [4.69, 9.17) is 20.3 Å². The Hall–Kier alpha value is -1.35. The Bertz CT molecular complexity index is 519. The van der Waals surface area contributed by atoms with Crippen LogP contribution in [0, 0.1) is 0 Å². The zero-order chi connectivity index (χ0) is 14.5. The van der Waals surface area contributed by atoms with Gasteiger partial charge in [-0.2, -0.15) is 0 Å². The Kier molecular flexibility index (Phi) is 5.55. The summed E-state index contributed by atoms with van der Waals surface area (Å²) in [5, 5.41) is 8.11. The number of hydrogen-bond acceptors (Lipinski definition) is 6. The Labute approximate surface area is 112 Å². The van der Waals surface area contributed by atoms with Crippen molar-refractivity contribution >= 4 is 21.4 Å². The third kappa shape index (κ3) is 4.67. The van der Waals surface area contributed by atoms with Crippen LogP contribution in [0.1, 0.15) is 0 Å². The van der Waals surface area contributed by atoms with E-state index in [-0.39, 0.29) is 11.0 Å². The number of hydrogen-bond donors (Lipinski definition) is 3. The molecule has 1 rings (SSSR count). The summed E-state index contributed by atoms with van der Waals surface area (Å²) in [5.74, 6) is 0. The molecule has 7 nitrogen and oxygen atoms in total. The average molecular weight is 289 g/mol. The SMILES string of the molecule is COCC(CNc1ccc(N)cc1S(N)(=O)=O)OC. The van der Waals surface area contributed by atoms with Crippen LogP contribution in [0.25, 0.3) is 0 Å². The topological polar surface area (TPSA) is 117 Å². The van der Waals surface area contributed by atoms with Crippen molar-refractivity contribution in [1.82, 2.24) is 0 Å². The first-order chi connectivity index (χ1) is 8.88. The zero-order valence-corrected chi connectivity index (χ0v) is 11.7. The van der Waals surface area contributed by atoms with E-state index in [1.807, 2.05) is 0 Å². The van der Waals surface area contributed by atoms with Gasteiger partial charge >= 0.3 is 0 Å². The van der Waals surface area contributed by atoms with Crippen LogP contribution in [0.4, 0.5) is 11.4 Å². The number of methoxy groups -OCH3 is 2. The predicted molar refractivity (Wildman–Crippen MR) is 73.4 cm³/mol. The van der Waals surface area contributed by atoms with Gasteiger partial charge in [-0.1, -0.05) is 0 Å². The number of anilines is 2. The van der Waals surface area contributed by atoms with Gasteiger partial charge in [0.15, 0.2) is 0 Å². The molecule has 0 saturated carbocycles. The number of nitrogens with two attached hydrogens (primary N) is 2. The van der Waals surface area contributed by atoms with Crippen molar-refractivity contribution in [3.8, 4) is 0 Å². The second kappa shape index (κ2) is 6.71. The summed E-state index contributed by atoms with van der Waals surface area (Å²) in [7, 11) is -0.726. The maximum Gasteiger partial charge on any atom is 0.240 e. The smallest absolute Gasteiger partial charge is 0.240 e. The minimum absolute atomic E-state index is 0.0419. The van der Waals surface area contributed by atoms with Gasteiger partial charge in [0.25, 0.3) is 0 Å². The third-order valence-electron chi connectivity index (χ3n) is 2.52. The molecule has 0 fully saturated rings. The molecule has 1 aromatic carbocycles. The molecule has 8 heteroatoms. The molecule has 1 atom stereocenters. The predicted octanol–water partition coefficient (Wildman–Crippen LogP) is -0.0105. The lowest BCUT2D eigenvalue weighted by Crippen LogP contribution is -2.27. The molecule has 5 N–H and O–H groups in total. The molecule has 0 heterocycles. The molecule has 0 radical (unpaired) electrons. The maximum atomic E-state index is 11.5. The van der Waals surface area contributed by atoms with E-state index in [1.165, 1.54) is 6.07 Å². The van der Waals surface area contributed by atoms with Crippen LogP contribution in [0.5, 0.6) is 0 Å². The Morgan fingerprint density at radius 3 is 2.58 bits per heavy atom. The van der Waals surface area contributed by atoms with E-state index in [2.05, 4.69) is 5.32 Å². The quantitative estimate of drug-likeness (QED) is 0.608. The van der Waals surface area contributed by atoms with Gasteiger partial charge in [-0.25, -0.2) is 13.6 Å². The first-order valence-corrected chi connectivity index (χ1v) is 7.11. The fourth-order valence-electron chi connectivity index (χ4n) is 1.54. The van der Waals surface area contributed by atoms with Gasteiger partial charge in [-0.05, 0) is 18.2 Å². The molecule has 0 saturated heterocycles. The van der Waals surface area contributed by atoms with Gasteiger partial charge in [0.2, 0.25) is 10.0 Å². The summed E-state index contributed by atoms with van der Waals surface area (Å²) in [6.45, 7) is 0.778. The number of benzene rings is 1. The molecular weight excluding hydrogens is 270 g/mol. The molecule has 0 aliphatic heterocycles. The number of primary sulfonamides is 1. The summed E-state index contributed by atoms with van der Waals surface area (Å²) in [6, 6.07) is 4.47. The van der Waals surface area contributed by atoms with E-state index < -0.39 is 10.0 Å². The van der Waals surface area contributed by atoms with Crippen LogP contribution >= 0.6 is 0 Å². The lowest BCUT2D eigenvalue weighted by Gasteiger charge is -2.17. The Morgan fingerprint density at radius 2 is 2.05 bits per heavy atom. The van der Waals surface area contributed by atoms with Crippen molar-refractivity contribution in [2.45, 2.75) is 11.0 Å². The van der Waals surface area contributed by atoms with E-state index in [1.54, 1.807) is 26.4 Å². The van der Waals surface area contributed by atoms with Crippen LogP contribution in [0.3, 0.4) is 0 Å². The number of nitrogen functional groups attached to an aromatic ring is 1. The summed E-state index contributed by atoms with van der Waals surface area (Å²) in [5.41, 5.74) is 6.27. The van der Waals surface area contributed by atoms with E-state index >= 15 is 0 Å². The maximum absolute atomic E-state index is 11.5. The van der Waals surface area contributed by atoms with Crippen molar-refractivity contribution in [2.24, 2.45) is 5.14 Å². The lowest BCUT2D eigenvalue weighted by molar-refractivity contribution is 0.0365. The van der Waals surface area contributed by atoms with Crippen LogP contribution < -0.4 is 16.2 Å². The molecule has 108 valence electrons. The number of ether oxygens (including phenoxy) is 2. The molecule has 0 bridgehead atoms. The van der Waals surface area contributed by atoms with Crippen molar-refractivity contribution < 1.29 is 17.9 Å². The summed E-state index contributed by atoms with van der Waals surface area (Å²) < 4.78 is 33.1. The zero-order valence-electron chi connectivity index (χ0n) is 10.9. The highest BCUT2D eigenvalue weighted by molar-refractivity contribution is 7.89. The highest BCUT2D eigenvalue weighted by Crippen LogP contribution is 2.22. The van der Waals surface area contributed by atoms with Crippen LogP contribution in [-0.2, 0) is 19.5 Å². The molecule has 0 amide bonds. The molecule has 1 unspecified atom stereocenters. The minimum Gasteiger partial charge on any atom is -0.399 e. The molecular formula is C11H19N3O4S. The Morgan fingerprint density at radius 1 is 1.37 bits per heavy atom. The van der Waals surface area contributed by atoms with Gasteiger partial charge in [-0.3, -0.25) is 0 Å². The second-order valence-corrected chi connectivity index (χ2v) is 5.52. The second-order valence-electron chi connectivity index (χ2n) is 3.99. The summed E-state index contributed by atoms with van der Waals surface area (Å²) >= 11 is 0. The van der Waals surface area contributed by atoms with E-state index in [0.29, 0.717) is 24.5 Å². The van der Waals surface area contributed by atoms with Gasteiger partial charge in [0.1, 0.15) is 4.90 Å². The van der Waals surface area contributed by atoms with Crippen molar-refractivity contribution in [1.29, 1.82) is 0 Å². The highest BCUT2D eigenvalue weighted by atomic mass is 32.2. The first kappa shape index (κ1) is 15.7. The number of nitrogens with one attached hydrogen (secondary N) is 1. The van der Waals surface area contributed by atoms with Crippen molar-refractivity contribution in [3.63, 3.8) is 0 Å². The van der Waals surface area contributed by atoms with E-state index in [0.717, 1.165) is 0 Å². The van der Waals surface area contributed by atoms with E-state index in [9.17, 15) is 8.42 Å². The highest BCUT2D eigenvalue weighted by Gasteiger charge is 2.15. The lowest BCUT2D eigenvalue weighted by atomic mass is 10.2. The fourth-order valence-corrected chi connectivity index (χ4v) is 2.29. The van der Waals surface area contributed by atoms with Gasteiger partial charge < -0.3 is 20.5 Å². The van der Waals surface area contributed by atoms with Gasteiger partial charge in [-0.15, -0.1) is 0 Å². The monoisotopic (exact) mass is 289 g/mol. The minimum atomic E-state index is -3.84. The van der Waals surface area contributed by atoms with Gasteiger partial charge in [0.05, 0.1) is 18.4 Å². The van der Waals surface area contributed by atoms with Crippen LogP contribution in [-0.4, -0.2) is 41.9 Å². The molecule has 19 heavy (non-hydrogen) atoms. The molecule has 0 aliphatic rings. The van der Waals surface area contributed by atoms with Crippen LogP contribution in [0.15, 0.2) is 23.1 Å².